The predicted octanol–water partition coefficient (Wildman–Crippen LogP) is 1.69. The van der Waals surface area contributed by atoms with Gasteiger partial charge < -0.3 is 24.6 Å². The first-order valence-corrected chi connectivity index (χ1v) is 8.98. The maximum atomic E-state index is 11.7. The van der Waals surface area contributed by atoms with Crippen molar-refractivity contribution in [2.24, 2.45) is 0 Å². The van der Waals surface area contributed by atoms with E-state index >= 15 is 0 Å². The van der Waals surface area contributed by atoms with Crippen LogP contribution in [0, 0.1) is 0 Å². The molecule has 1 saturated carbocycles. The number of methoxy groups -OCH3 is 1. The summed E-state index contributed by atoms with van der Waals surface area (Å²) in [5.74, 6) is 1.23. The van der Waals surface area contributed by atoms with Gasteiger partial charge in [0.15, 0.2) is 11.5 Å². The molecule has 24 heavy (non-hydrogen) atoms. The van der Waals surface area contributed by atoms with Gasteiger partial charge in [-0.1, -0.05) is 13.0 Å². The van der Waals surface area contributed by atoms with Crippen molar-refractivity contribution in [3.63, 3.8) is 0 Å². The summed E-state index contributed by atoms with van der Waals surface area (Å²) in [4.78, 5) is 2.28. The molecule has 1 aromatic carbocycles. The lowest BCUT2D eigenvalue weighted by Gasteiger charge is -2.52. The van der Waals surface area contributed by atoms with Gasteiger partial charge in [-0.05, 0) is 50.9 Å². The SMILES string of the molecule is CCCN(C)[C@H]1Cc2ccc(OC)c3c2C2C(O3)C(O)CC[C@@]21O. The van der Waals surface area contributed by atoms with Crippen LogP contribution >= 0.6 is 0 Å². The van der Waals surface area contributed by atoms with Crippen LogP contribution < -0.4 is 9.47 Å². The molecule has 5 atom stereocenters. The zero-order valence-corrected chi connectivity index (χ0v) is 14.7. The van der Waals surface area contributed by atoms with Gasteiger partial charge in [-0.15, -0.1) is 0 Å². The second-order valence-corrected chi connectivity index (χ2v) is 7.53. The standard InChI is InChI=1S/C19H27NO4/c1-4-9-20(2)14-10-11-5-6-13(23-3)18-15(11)16-17(24-18)12(21)7-8-19(14,16)22/h5-6,12,14,16-17,21-22H,4,7-10H2,1-3H3/t12?,14-,16?,17?,19-/m0/s1. The maximum Gasteiger partial charge on any atom is 0.165 e. The Labute approximate surface area is 143 Å². The molecule has 0 aromatic heterocycles. The van der Waals surface area contributed by atoms with Crippen LogP contribution in [0.25, 0.3) is 0 Å². The normalized spacial score (nSPS) is 36.4. The van der Waals surface area contributed by atoms with Gasteiger partial charge in [-0.3, -0.25) is 0 Å². The van der Waals surface area contributed by atoms with E-state index in [0.29, 0.717) is 18.6 Å². The Balaban J connectivity index is 1.85. The van der Waals surface area contributed by atoms with Crippen LogP contribution in [-0.2, 0) is 6.42 Å². The minimum atomic E-state index is -0.863. The van der Waals surface area contributed by atoms with Crippen molar-refractivity contribution in [3.05, 3.63) is 23.3 Å². The maximum absolute atomic E-state index is 11.7. The molecule has 1 aromatic rings. The molecule has 0 saturated heterocycles. The molecule has 0 radical (unpaired) electrons. The summed E-state index contributed by atoms with van der Waals surface area (Å²) in [5.41, 5.74) is 1.41. The number of hydrogen-bond acceptors (Lipinski definition) is 5. The minimum Gasteiger partial charge on any atom is -0.493 e. The zero-order valence-electron chi connectivity index (χ0n) is 14.7. The molecule has 2 N–H and O–H groups in total. The number of rotatable bonds is 4. The fourth-order valence-electron chi connectivity index (χ4n) is 5.13. The molecule has 0 spiro atoms. The van der Waals surface area contributed by atoms with Crippen molar-refractivity contribution < 1.29 is 19.7 Å². The fourth-order valence-corrected chi connectivity index (χ4v) is 5.13. The van der Waals surface area contributed by atoms with E-state index in [1.165, 1.54) is 5.56 Å². The van der Waals surface area contributed by atoms with Gasteiger partial charge in [-0.2, -0.15) is 0 Å². The van der Waals surface area contributed by atoms with E-state index in [2.05, 4.69) is 24.9 Å². The number of aliphatic hydroxyl groups is 2. The molecule has 132 valence electrons. The highest BCUT2D eigenvalue weighted by molar-refractivity contribution is 5.59. The van der Waals surface area contributed by atoms with Crippen molar-refractivity contribution in [2.45, 2.75) is 62.4 Å². The summed E-state index contributed by atoms with van der Waals surface area (Å²) in [6.07, 6.45) is 2.11. The third kappa shape index (κ3) is 2.04. The highest BCUT2D eigenvalue weighted by Gasteiger charge is 2.61. The topological polar surface area (TPSA) is 62.2 Å². The van der Waals surface area contributed by atoms with E-state index in [0.717, 1.165) is 30.7 Å². The first-order chi connectivity index (χ1) is 11.5. The second-order valence-electron chi connectivity index (χ2n) is 7.53. The largest absolute Gasteiger partial charge is 0.493 e. The molecule has 0 bridgehead atoms. The monoisotopic (exact) mass is 333 g/mol. The number of hydrogen-bond donors (Lipinski definition) is 2. The van der Waals surface area contributed by atoms with Crippen LogP contribution in [0.15, 0.2) is 12.1 Å². The molecule has 5 heteroatoms. The van der Waals surface area contributed by atoms with Gasteiger partial charge in [0.25, 0.3) is 0 Å². The molecule has 1 fully saturated rings. The van der Waals surface area contributed by atoms with Gasteiger partial charge in [0.2, 0.25) is 0 Å². The lowest BCUT2D eigenvalue weighted by atomic mass is 9.61. The number of likely N-dealkylation sites (N-methyl/N-ethyl adjacent to an activating group) is 1. The van der Waals surface area contributed by atoms with Gasteiger partial charge >= 0.3 is 0 Å². The summed E-state index contributed by atoms with van der Waals surface area (Å²) in [6, 6.07) is 4.09. The Morgan fingerprint density at radius 1 is 1.42 bits per heavy atom. The van der Waals surface area contributed by atoms with Crippen LogP contribution in [0.5, 0.6) is 11.5 Å². The van der Waals surface area contributed by atoms with Crippen molar-refractivity contribution in [1.29, 1.82) is 0 Å². The molecule has 1 heterocycles. The summed E-state index contributed by atoms with van der Waals surface area (Å²) in [7, 11) is 3.73. The average Bonchev–Trinajstić information content (AvgIpc) is 2.98. The van der Waals surface area contributed by atoms with E-state index in [-0.39, 0.29) is 18.1 Å². The lowest BCUT2D eigenvalue weighted by molar-refractivity contribution is -0.137. The predicted molar refractivity (Wildman–Crippen MR) is 90.8 cm³/mol. The highest BCUT2D eigenvalue weighted by Crippen LogP contribution is 2.58. The van der Waals surface area contributed by atoms with Crippen molar-refractivity contribution in [3.8, 4) is 11.5 Å². The molecule has 4 rings (SSSR count). The molecule has 2 aliphatic carbocycles. The van der Waals surface area contributed by atoms with Gasteiger partial charge in [0.05, 0.1) is 24.7 Å². The van der Waals surface area contributed by atoms with E-state index in [4.69, 9.17) is 9.47 Å². The molecule has 3 aliphatic rings. The first-order valence-electron chi connectivity index (χ1n) is 8.98. The van der Waals surface area contributed by atoms with Crippen LogP contribution in [0.4, 0.5) is 0 Å². The van der Waals surface area contributed by atoms with Gasteiger partial charge in [-0.25, -0.2) is 0 Å². The van der Waals surface area contributed by atoms with Crippen LogP contribution in [0.3, 0.4) is 0 Å². The number of benzene rings is 1. The summed E-state index contributed by atoms with van der Waals surface area (Å²) >= 11 is 0. The summed E-state index contributed by atoms with van der Waals surface area (Å²) in [6.45, 7) is 3.11. The smallest absolute Gasteiger partial charge is 0.165 e. The van der Waals surface area contributed by atoms with Gasteiger partial charge in [0, 0.05) is 11.6 Å². The molecule has 3 unspecified atom stereocenters. The molecular formula is C19H27NO4. The molecule has 5 nitrogen and oxygen atoms in total. The van der Waals surface area contributed by atoms with Crippen LogP contribution in [0.1, 0.15) is 43.2 Å². The molecule has 0 amide bonds. The Bertz CT molecular complexity index is 648. The quantitative estimate of drug-likeness (QED) is 0.878. The lowest BCUT2D eigenvalue weighted by Crippen LogP contribution is -2.64. The summed E-state index contributed by atoms with van der Waals surface area (Å²) in [5, 5.41) is 22.2. The van der Waals surface area contributed by atoms with E-state index < -0.39 is 11.7 Å². The zero-order chi connectivity index (χ0) is 17.1. The second kappa shape index (κ2) is 5.61. The molecule has 1 aliphatic heterocycles. The fraction of sp³-hybridized carbons (Fsp3) is 0.684. The number of nitrogens with zero attached hydrogens (tertiary/aromatic N) is 1. The number of aliphatic hydroxyl groups excluding tert-OH is 1. The van der Waals surface area contributed by atoms with Crippen molar-refractivity contribution >= 4 is 0 Å². The minimum absolute atomic E-state index is 0.0490. The van der Waals surface area contributed by atoms with Crippen LogP contribution in [0.2, 0.25) is 0 Å². The third-order valence-electron chi connectivity index (χ3n) is 6.22. The van der Waals surface area contributed by atoms with Crippen molar-refractivity contribution in [1.82, 2.24) is 4.90 Å². The Morgan fingerprint density at radius 2 is 2.21 bits per heavy atom. The molecular weight excluding hydrogens is 306 g/mol. The third-order valence-corrected chi connectivity index (χ3v) is 6.22. The van der Waals surface area contributed by atoms with Crippen molar-refractivity contribution in [2.75, 3.05) is 20.7 Å². The van der Waals surface area contributed by atoms with E-state index in [1.807, 2.05) is 6.07 Å². The Morgan fingerprint density at radius 3 is 2.92 bits per heavy atom. The van der Waals surface area contributed by atoms with E-state index in [1.54, 1.807) is 7.11 Å². The summed E-state index contributed by atoms with van der Waals surface area (Å²) < 4.78 is 11.6. The number of ether oxygens (including phenoxy) is 2. The first kappa shape index (κ1) is 16.2. The van der Waals surface area contributed by atoms with E-state index in [9.17, 15) is 10.2 Å². The average molecular weight is 333 g/mol. The Hall–Kier alpha value is -1.30. The van der Waals surface area contributed by atoms with Gasteiger partial charge in [0.1, 0.15) is 6.10 Å². The Kier molecular flexibility index (Phi) is 3.79. The highest BCUT2D eigenvalue weighted by atomic mass is 16.5. The van der Waals surface area contributed by atoms with Crippen LogP contribution in [-0.4, -0.2) is 59.7 Å².